The number of nitrogens with zero attached hydrogens (tertiary/aromatic N) is 5. The molecule has 0 atom stereocenters. The van der Waals surface area contributed by atoms with Gasteiger partial charge >= 0.3 is 0 Å². The molecule has 0 saturated heterocycles. The molecule has 8 nitrogen and oxygen atoms in total. The lowest BCUT2D eigenvalue weighted by molar-refractivity contribution is 0.201. The molecule has 0 radical (unpaired) electrons. The fourth-order valence-corrected chi connectivity index (χ4v) is 4.21. The molecule has 33 heavy (non-hydrogen) atoms. The zero-order valence-electron chi connectivity index (χ0n) is 18.5. The van der Waals surface area contributed by atoms with Gasteiger partial charge in [-0.2, -0.15) is 5.21 Å². The van der Waals surface area contributed by atoms with E-state index < -0.39 is 0 Å². The van der Waals surface area contributed by atoms with Crippen LogP contribution in [0.15, 0.2) is 67.0 Å². The van der Waals surface area contributed by atoms with Gasteiger partial charge in [0.15, 0.2) is 11.5 Å². The molecule has 8 heteroatoms. The maximum absolute atomic E-state index is 6.36. The van der Waals surface area contributed by atoms with E-state index in [4.69, 9.17) is 9.47 Å². The number of pyridine rings is 1. The Hall–Kier alpha value is -3.94. The molecule has 1 fully saturated rings. The third-order valence-corrected chi connectivity index (χ3v) is 5.88. The standard InChI is InChI=1S/C25H26N6O2/c1-32-23-12-11-21(15-24(23)33-22-9-2-3-10-22)31(17-18-6-5-13-26-16-18)20-8-4-7-19(14-20)25-27-29-30-28-25/h4-8,11-16,22H,2-3,9-10,17H2,1H3,(H,27,28,29,30). The van der Waals surface area contributed by atoms with E-state index >= 15 is 0 Å². The van der Waals surface area contributed by atoms with Crippen LogP contribution in [-0.2, 0) is 6.54 Å². The normalized spacial score (nSPS) is 13.7. The van der Waals surface area contributed by atoms with Gasteiger partial charge in [-0.1, -0.05) is 18.2 Å². The van der Waals surface area contributed by atoms with E-state index in [0.717, 1.165) is 46.8 Å². The van der Waals surface area contributed by atoms with Gasteiger partial charge in [0.1, 0.15) is 0 Å². The van der Waals surface area contributed by atoms with Crippen molar-refractivity contribution in [1.82, 2.24) is 25.6 Å². The first kappa shape index (κ1) is 20.9. The number of anilines is 2. The molecule has 2 heterocycles. The zero-order chi connectivity index (χ0) is 22.5. The summed E-state index contributed by atoms with van der Waals surface area (Å²) in [5, 5.41) is 14.5. The second-order valence-electron chi connectivity index (χ2n) is 8.09. The fourth-order valence-electron chi connectivity index (χ4n) is 4.21. The molecule has 5 rings (SSSR count). The molecule has 0 aliphatic heterocycles. The predicted molar refractivity (Wildman–Crippen MR) is 126 cm³/mol. The van der Waals surface area contributed by atoms with E-state index in [1.807, 2.05) is 30.5 Å². The Morgan fingerprint density at radius 1 is 1.00 bits per heavy atom. The molecule has 0 bridgehead atoms. The Labute approximate surface area is 192 Å². The van der Waals surface area contributed by atoms with Gasteiger partial charge < -0.3 is 14.4 Å². The van der Waals surface area contributed by atoms with Crippen LogP contribution in [0.2, 0.25) is 0 Å². The van der Waals surface area contributed by atoms with Crippen LogP contribution in [-0.4, -0.2) is 38.8 Å². The second-order valence-corrected chi connectivity index (χ2v) is 8.09. The Morgan fingerprint density at radius 2 is 1.88 bits per heavy atom. The largest absolute Gasteiger partial charge is 0.493 e. The Bertz CT molecular complexity index is 1180. The van der Waals surface area contributed by atoms with Crippen molar-refractivity contribution >= 4 is 11.4 Å². The number of rotatable bonds is 8. The average molecular weight is 443 g/mol. The highest BCUT2D eigenvalue weighted by Crippen LogP contribution is 2.38. The van der Waals surface area contributed by atoms with Crippen molar-refractivity contribution in [2.75, 3.05) is 12.0 Å². The summed E-state index contributed by atoms with van der Waals surface area (Å²) in [4.78, 5) is 6.52. The van der Waals surface area contributed by atoms with Crippen LogP contribution in [0.5, 0.6) is 11.5 Å². The molecule has 0 amide bonds. The monoisotopic (exact) mass is 442 g/mol. The molecular formula is C25H26N6O2. The number of hydrogen-bond acceptors (Lipinski definition) is 7. The van der Waals surface area contributed by atoms with Crippen molar-refractivity contribution in [3.63, 3.8) is 0 Å². The summed E-state index contributed by atoms with van der Waals surface area (Å²) in [6, 6.07) is 18.2. The van der Waals surface area contributed by atoms with Crippen LogP contribution in [0, 0.1) is 0 Å². The molecule has 2 aromatic heterocycles. The van der Waals surface area contributed by atoms with Crippen molar-refractivity contribution in [1.29, 1.82) is 0 Å². The molecule has 2 aromatic carbocycles. The smallest absolute Gasteiger partial charge is 0.204 e. The van der Waals surface area contributed by atoms with Crippen molar-refractivity contribution in [3.8, 4) is 22.9 Å². The molecule has 1 aliphatic carbocycles. The molecular weight excluding hydrogens is 416 g/mol. The average Bonchev–Trinajstić information content (AvgIpc) is 3.58. The summed E-state index contributed by atoms with van der Waals surface area (Å²) in [6.45, 7) is 0.638. The number of methoxy groups -OCH3 is 1. The van der Waals surface area contributed by atoms with Gasteiger partial charge in [0.2, 0.25) is 5.82 Å². The molecule has 168 valence electrons. The van der Waals surface area contributed by atoms with Gasteiger partial charge in [-0.05, 0) is 66.8 Å². The maximum Gasteiger partial charge on any atom is 0.204 e. The summed E-state index contributed by atoms with van der Waals surface area (Å²) in [6.07, 6.45) is 8.49. The van der Waals surface area contributed by atoms with Crippen molar-refractivity contribution in [3.05, 3.63) is 72.6 Å². The highest BCUT2D eigenvalue weighted by Gasteiger charge is 2.20. The van der Waals surface area contributed by atoms with Crippen LogP contribution in [0.1, 0.15) is 31.2 Å². The van der Waals surface area contributed by atoms with E-state index in [1.54, 1.807) is 13.3 Å². The van der Waals surface area contributed by atoms with Crippen LogP contribution in [0.4, 0.5) is 11.4 Å². The number of nitrogens with one attached hydrogen (secondary N) is 1. The fraction of sp³-hybridized carbons (Fsp3) is 0.280. The predicted octanol–water partition coefficient (Wildman–Crippen LogP) is 4.93. The van der Waals surface area contributed by atoms with E-state index in [9.17, 15) is 0 Å². The van der Waals surface area contributed by atoms with E-state index in [2.05, 4.69) is 60.8 Å². The van der Waals surface area contributed by atoms with E-state index in [0.29, 0.717) is 12.4 Å². The SMILES string of the molecule is COc1ccc(N(Cc2cccnc2)c2cccc(-c3nn[nH]n3)c2)cc1OC1CCCC1. The summed E-state index contributed by atoms with van der Waals surface area (Å²) in [5.74, 6) is 2.07. The van der Waals surface area contributed by atoms with Gasteiger partial charge in [0.05, 0.1) is 13.2 Å². The Kier molecular flexibility index (Phi) is 6.14. The minimum atomic E-state index is 0.238. The minimum Gasteiger partial charge on any atom is -0.493 e. The Balaban J connectivity index is 1.54. The number of hydrogen-bond donors (Lipinski definition) is 1. The van der Waals surface area contributed by atoms with Crippen molar-refractivity contribution in [2.45, 2.75) is 38.3 Å². The lowest BCUT2D eigenvalue weighted by Crippen LogP contribution is -2.17. The molecule has 1 saturated carbocycles. The van der Waals surface area contributed by atoms with Gasteiger partial charge in [-0.3, -0.25) is 4.98 Å². The van der Waals surface area contributed by atoms with Crippen LogP contribution >= 0.6 is 0 Å². The number of tetrazole rings is 1. The highest BCUT2D eigenvalue weighted by molar-refractivity contribution is 5.71. The number of aromatic amines is 1. The van der Waals surface area contributed by atoms with Gasteiger partial charge in [0, 0.05) is 41.9 Å². The van der Waals surface area contributed by atoms with Gasteiger partial charge in [0.25, 0.3) is 0 Å². The molecule has 0 unspecified atom stereocenters. The maximum atomic E-state index is 6.36. The zero-order valence-corrected chi connectivity index (χ0v) is 18.5. The Morgan fingerprint density at radius 3 is 2.64 bits per heavy atom. The van der Waals surface area contributed by atoms with E-state index in [-0.39, 0.29) is 6.10 Å². The lowest BCUT2D eigenvalue weighted by Gasteiger charge is -2.27. The molecule has 4 aromatic rings. The topological polar surface area (TPSA) is 89.1 Å². The number of benzene rings is 2. The third kappa shape index (κ3) is 4.79. The minimum absolute atomic E-state index is 0.238. The van der Waals surface area contributed by atoms with Crippen LogP contribution in [0.3, 0.4) is 0 Å². The van der Waals surface area contributed by atoms with Crippen LogP contribution < -0.4 is 14.4 Å². The third-order valence-electron chi connectivity index (χ3n) is 5.88. The van der Waals surface area contributed by atoms with E-state index in [1.165, 1.54) is 12.8 Å². The van der Waals surface area contributed by atoms with Crippen molar-refractivity contribution < 1.29 is 9.47 Å². The summed E-state index contributed by atoms with van der Waals surface area (Å²) >= 11 is 0. The van der Waals surface area contributed by atoms with Gasteiger partial charge in [-0.15, -0.1) is 10.2 Å². The quantitative estimate of drug-likeness (QED) is 0.414. The lowest BCUT2D eigenvalue weighted by atomic mass is 10.1. The second kappa shape index (κ2) is 9.68. The summed E-state index contributed by atoms with van der Waals surface area (Å²) < 4.78 is 12.0. The number of H-pyrrole nitrogens is 1. The first-order valence-corrected chi connectivity index (χ1v) is 11.1. The first-order valence-electron chi connectivity index (χ1n) is 11.1. The van der Waals surface area contributed by atoms with Crippen LogP contribution in [0.25, 0.3) is 11.4 Å². The highest BCUT2D eigenvalue weighted by atomic mass is 16.5. The molecule has 0 spiro atoms. The molecule has 1 N–H and O–H groups in total. The summed E-state index contributed by atoms with van der Waals surface area (Å²) in [7, 11) is 1.68. The van der Waals surface area contributed by atoms with Gasteiger partial charge in [-0.25, -0.2) is 0 Å². The number of aromatic nitrogens is 5. The first-order chi connectivity index (χ1) is 16.3. The number of ether oxygens (including phenoxy) is 2. The van der Waals surface area contributed by atoms with Crippen molar-refractivity contribution in [2.24, 2.45) is 0 Å². The molecule has 1 aliphatic rings. The summed E-state index contributed by atoms with van der Waals surface area (Å²) in [5.41, 5.74) is 3.97.